The van der Waals surface area contributed by atoms with Crippen molar-refractivity contribution < 1.29 is 29.7 Å². The van der Waals surface area contributed by atoms with E-state index in [0.29, 0.717) is 0 Å². The molecule has 0 heterocycles. The van der Waals surface area contributed by atoms with E-state index in [0.717, 1.165) is 0 Å². The van der Waals surface area contributed by atoms with Crippen molar-refractivity contribution in [3.8, 4) is 0 Å². The monoisotopic (exact) mass is 146 g/mol. The van der Waals surface area contributed by atoms with Crippen LogP contribution in [0.3, 0.4) is 0 Å². The Morgan fingerprint density at radius 2 is 1.00 bits per heavy atom. The van der Waals surface area contributed by atoms with E-state index in [1.807, 2.05) is 0 Å². The summed E-state index contributed by atoms with van der Waals surface area (Å²) in [6.07, 6.45) is 0. The molecule has 0 amide bonds. The first-order chi connectivity index (χ1) is 4.46. The lowest BCUT2D eigenvalue weighted by Gasteiger charge is -1.93. The first kappa shape index (κ1) is 8.47. The summed E-state index contributed by atoms with van der Waals surface area (Å²) in [6, 6.07) is 0. The van der Waals surface area contributed by atoms with Gasteiger partial charge < -0.3 is 15.3 Å². The second kappa shape index (κ2) is 2.86. The Kier molecular flexibility index (Phi) is 2.42. The fourth-order valence-electron chi connectivity index (χ4n) is 0.317. The summed E-state index contributed by atoms with van der Waals surface area (Å²) in [6.45, 7) is -2.36. The van der Waals surface area contributed by atoms with Gasteiger partial charge in [-0.2, -0.15) is 0 Å². The Hall–Kier alpha value is -1.53. The number of hydrogen-bond donors (Lipinski definition) is 3. The van der Waals surface area contributed by atoms with Crippen molar-refractivity contribution in [3.63, 3.8) is 0 Å². The van der Waals surface area contributed by atoms with Crippen LogP contribution < -0.4 is 0 Å². The molecule has 0 saturated heterocycles. The highest BCUT2D eigenvalue weighted by molar-refractivity contribution is 7.25. The molecule has 0 saturated carbocycles. The highest BCUT2D eigenvalue weighted by Crippen LogP contribution is 1.88. The van der Waals surface area contributed by atoms with Crippen LogP contribution in [0.4, 0.5) is 14.4 Å². The van der Waals surface area contributed by atoms with E-state index in [2.05, 4.69) is 0 Å². The van der Waals surface area contributed by atoms with Gasteiger partial charge in [0, 0.05) is 0 Å². The van der Waals surface area contributed by atoms with Crippen molar-refractivity contribution in [2.75, 3.05) is 0 Å². The third-order valence-corrected chi connectivity index (χ3v) is 0.741. The molecule has 0 fully saturated rings. The van der Waals surface area contributed by atoms with E-state index < -0.39 is 24.3 Å². The van der Waals surface area contributed by atoms with Crippen LogP contribution in [0.25, 0.3) is 0 Å². The van der Waals surface area contributed by atoms with Gasteiger partial charge in [0.15, 0.2) is 0 Å². The van der Waals surface area contributed by atoms with Crippen LogP contribution in [0.15, 0.2) is 0 Å². The third kappa shape index (κ3) is 1.77. The van der Waals surface area contributed by atoms with E-state index >= 15 is 0 Å². The van der Waals surface area contributed by atoms with Crippen LogP contribution in [0.2, 0.25) is 0 Å². The van der Waals surface area contributed by atoms with Gasteiger partial charge in [0.05, 0.1) is 0 Å². The first-order valence-electron chi connectivity index (χ1n) is 2.15. The highest BCUT2D eigenvalue weighted by Gasteiger charge is 2.41. The average molecular weight is 146 g/mol. The van der Waals surface area contributed by atoms with Gasteiger partial charge in [-0.1, -0.05) is 0 Å². The molecule has 3 N–H and O–H groups in total. The van der Waals surface area contributed by atoms with Crippen LogP contribution in [0.5, 0.6) is 0 Å². The molecule has 0 unspecified atom stereocenters. The normalized spacial score (nSPS) is 8.40. The fraction of sp³-hybridized carbons (Fsp3) is 0. The number of carbonyl (C=O) groups is 3. The smallest absolute Gasteiger partial charge is 0.488 e. The zero-order chi connectivity index (χ0) is 8.31. The average Bonchev–Trinajstić information content (AvgIpc) is 1.59. The molecule has 0 aliphatic carbocycles. The van der Waals surface area contributed by atoms with Crippen molar-refractivity contribution in [2.24, 2.45) is 0 Å². The molecule has 0 atom stereocenters. The molecule has 0 aromatic rings. The second-order valence-electron chi connectivity index (χ2n) is 1.45. The lowest BCUT2D eigenvalue weighted by atomic mass is 9.50. The molecular formula is C3H3BO6. The summed E-state index contributed by atoms with van der Waals surface area (Å²) in [5.74, 6) is -5.62. The van der Waals surface area contributed by atoms with Crippen molar-refractivity contribution in [2.45, 2.75) is 0 Å². The van der Waals surface area contributed by atoms with Crippen LogP contribution >= 0.6 is 0 Å². The summed E-state index contributed by atoms with van der Waals surface area (Å²) >= 11 is 0. The van der Waals surface area contributed by atoms with Crippen molar-refractivity contribution >= 4 is 24.3 Å². The van der Waals surface area contributed by atoms with E-state index in [9.17, 15) is 14.4 Å². The van der Waals surface area contributed by atoms with Gasteiger partial charge in [-0.05, 0) is 0 Å². The summed E-state index contributed by atoms with van der Waals surface area (Å²) in [4.78, 5) is 29.5. The molecule has 0 aliphatic rings. The Morgan fingerprint density at radius 1 is 0.800 bits per heavy atom. The predicted molar refractivity (Wildman–Crippen MR) is 29.8 cm³/mol. The van der Waals surface area contributed by atoms with Gasteiger partial charge >= 0.3 is 6.71 Å². The minimum atomic E-state index is -2.36. The van der Waals surface area contributed by atoms with Crippen molar-refractivity contribution in [3.05, 3.63) is 0 Å². The number of carboxylic acid groups (broad SMARTS) is 3. The van der Waals surface area contributed by atoms with Gasteiger partial charge in [0.1, 0.15) is 0 Å². The maximum Gasteiger partial charge on any atom is 0.531 e. The highest BCUT2D eigenvalue weighted by atomic mass is 16.4. The Labute approximate surface area is 55.2 Å². The zero-order valence-electron chi connectivity index (χ0n) is 4.64. The molecule has 0 aromatic carbocycles. The Balaban J connectivity index is 4.43. The molecule has 54 valence electrons. The molecule has 0 spiro atoms. The van der Waals surface area contributed by atoms with Crippen LogP contribution in [0.1, 0.15) is 0 Å². The largest absolute Gasteiger partial charge is 0.531 e. The van der Waals surface area contributed by atoms with Gasteiger partial charge in [0.25, 0.3) is 17.6 Å². The predicted octanol–water partition coefficient (Wildman–Crippen LogP) is 0.260. The topological polar surface area (TPSA) is 112 Å². The van der Waals surface area contributed by atoms with Crippen molar-refractivity contribution in [1.82, 2.24) is 0 Å². The Bertz CT molecular complexity index is 152. The second-order valence-corrected chi connectivity index (χ2v) is 1.45. The van der Waals surface area contributed by atoms with E-state index in [4.69, 9.17) is 15.3 Å². The maximum atomic E-state index is 9.82. The molecule has 10 heavy (non-hydrogen) atoms. The van der Waals surface area contributed by atoms with Gasteiger partial charge in [-0.15, -0.1) is 0 Å². The van der Waals surface area contributed by atoms with Gasteiger partial charge in [0.2, 0.25) is 0 Å². The zero-order valence-corrected chi connectivity index (χ0v) is 4.64. The molecular weight excluding hydrogens is 143 g/mol. The lowest BCUT2D eigenvalue weighted by Crippen LogP contribution is -2.40. The van der Waals surface area contributed by atoms with Crippen LogP contribution in [-0.2, 0) is 0 Å². The van der Waals surface area contributed by atoms with Crippen LogP contribution in [-0.4, -0.2) is 39.6 Å². The molecule has 0 rings (SSSR count). The molecule has 0 radical (unpaired) electrons. The molecule has 0 aliphatic heterocycles. The minimum absolute atomic E-state index is 1.87. The first-order valence-corrected chi connectivity index (χ1v) is 2.15. The molecule has 0 bridgehead atoms. The van der Waals surface area contributed by atoms with Gasteiger partial charge in [-0.3, -0.25) is 14.4 Å². The van der Waals surface area contributed by atoms with E-state index in [1.54, 1.807) is 0 Å². The fourth-order valence-corrected chi connectivity index (χ4v) is 0.317. The van der Waals surface area contributed by atoms with E-state index in [-0.39, 0.29) is 0 Å². The summed E-state index contributed by atoms with van der Waals surface area (Å²) in [5, 5.41) is 23.9. The standard InChI is InChI=1S/C3H3BO6/c5-1(6)4(2(7)8)3(9)10/h(H,5,6)(H,7,8)(H,9,10). The number of rotatable bonds is 3. The molecule has 7 heteroatoms. The lowest BCUT2D eigenvalue weighted by molar-refractivity contribution is 0.204. The van der Waals surface area contributed by atoms with Crippen molar-refractivity contribution in [1.29, 1.82) is 0 Å². The maximum absolute atomic E-state index is 9.82. The summed E-state index contributed by atoms with van der Waals surface area (Å²) < 4.78 is 0. The van der Waals surface area contributed by atoms with Crippen LogP contribution in [0, 0.1) is 0 Å². The van der Waals surface area contributed by atoms with Gasteiger partial charge in [-0.25, -0.2) is 0 Å². The SMILES string of the molecule is O=C(O)B(C(=O)O)C(=O)O. The summed E-state index contributed by atoms with van der Waals surface area (Å²) in [7, 11) is 0. The number of hydrogen-bond acceptors (Lipinski definition) is 3. The molecule has 6 nitrogen and oxygen atoms in total. The van der Waals surface area contributed by atoms with E-state index in [1.165, 1.54) is 0 Å². The third-order valence-electron chi connectivity index (χ3n) is 0.741. The minimum Gasteiger partial charge on any atom is -0.488 e. The molecule has 0 aromatic heterocycles. The Morgan fingerprint density at radius 3 is 1.00 bits per heavy atom. The summed E-state index contributed by atoms with van der Waals surface area (Å²) in [5.41, 5.74) is 0. The quantitative estimate of drug-likeness (QED) is 0.492.